The lowest BCUT2D eigenvalue weighted by Crippen LogP contribution is -2.09. The highest BCUT2D eigenvalue weighted by Gasteiger charge is 2.16. The quantitative estimate of drug-likeness (QED) is 0.783. The molecule has 0 unspecified atom stereocenters. The lowest BCUT2D eigenvalue weighted by atomic mass is 9.99. The van der Waals surface area contributed by atoms with E-state index < -0.39 is 0 Å². The summed E-state index contributed by atoms with van der Waals surface area (Å²) in [4.78, 5) is 7.05. The first kappa shape index (κ1) is 10.5. The topological polar surface area (TPSA) is 37.9 Å². The highest BCUT2D eigenvalue weighted by molar-refractivity contribution is 7.71. The largest absolute Gasteiger partial charge is 0.493 e. The predicted molar refractivity (Wildman–Crippen MR) is 68.7 cm³/mol. The Hall–Kier alpha value is -1.68. The van der Waals surface area contributed by atoms with Gasteiger partial charge >= 0.3 is 0 Å². The van der Waals surface area contributed by atoms with Gasteiger partial charge in [-0.15, -0.1) is 0 Å². The lowest BCUT2D eigenvalue weighted by molar-refractivity contribution is 0.289. The van der Waals surface area contributed by atoms with E-state index >= 15 is 0 Å². The Morgan fingerprint density at radius 1 is 1.29 bits per heavy atom. The van der Waals surface area contributed by atoms with Crippen LogP contribution in [0.5, 0.6) is 5.75 Å². The van der Waals surface area contributed by atoms with Gasteiger partial charge in [0.25, 0.3) is 0 Å². The number of rotatable bonds is 1. The van der Waals surface area contributed by atoms with Crippen LogP contribution < -0.4 is 4.74 Å². The molecule has 3 nitrogen and oxygen atoms in total. The molecule has 2 heterocycles. The molecule has 1 N–H and O–H groups in total. The summed E-state index contributed by atoms with van der Waals surface area (Å²) in [7, 11) is 0. The van der Waals surface area contributed by atoms with Crippen LogP contribution in [0.25, 0.3) is 11.1 Å². The van der Waals surface area contributed by atoms with Crippen molar-refractivity contribution in [3.63, 3.8) is 0 Å². The number of aromatic amines is 1. The van der Waals surface area contributed by atoms with Crippen LogP contribution in [-0.4, -0.2) is 16.6 Å². The summed E-state index contributed by atoms with van der Waals surface area (Å²) in [6.45, 7) is 0.779. The first-order valence-electron chi connectivity index (χ1n) is 5.64. The van der Waals surface area contributed by atoms with Crippen molar-refractivity contribution in [1.82, 2.24) is 9.97 Å². The third kappa shape index (κ3) is 1.85. The minimum absolute atomic E-state index is 0.697. The zero-order valence-electron chi connectivity index (χ0n) is 9.27. The molecular weight excluding hydrogens is 232 g/mol. The van der Waals surface area contributed by atoms with Crippen molar-refractivity contribution in [2.24, 2.45) is 0 Å². The van der Waals surface area contributed by atoms with Crippen LogP contribution in [0, 0.1) is 4.64 Å². The van der Waals surface area contributed by atoms with E-state index in [4.69, 9.17) is 17.0 Å². The highest BCUT2D eigenvalue weighted by atomic mass is 32.1. The van der Waals surface area contributed by atoms with E-state index in [1.807, 2.05) is 12.1 Å². The predicted octanol–water partition coefficient (Wildman–Crippen LogP) is 3.13. The molecule has 0 spiro atoms. The molecule has 0 saturated heterocycles. The van der Waals surface area contributed by atoms with Gasteiger partial charge in [-0.1, -0.05) is 30.4 Å². The van der Waals surface area contributed by atoms with E-state index in [2.05, 4.69) is 16.0 Å². The van der Waals surface area contributed by atoms with Crippen LogP contribution in [0.4, 0.5) is 0 Å². The number of benzene rings is 1. The van der Waals surface area contributed by atoms with Gasteiger partial charge in [-0.2, -0.15) is 0 Å². The van der Waals surface area contributed by atoms with Crippen molar-refractivity contribution in [2.75, 3.05) is 6.61 Å². The summed E-state index contributed by atoms with van der Waals surface area (Å²) in [6, 6.07) is 6.19. The average molecular weight is 244 g/mol. The molecule has 1 aromatic carbocycles. The van der Waals surface area contributed by atoms with Gasteiger partial charge in [0.05, 0.1) is 12.9 Å². The SMILES string of the molecule is S=c1[nH]cncc1-c1cccc2c1OCCC2. The molecule has 17 heavy (non-hydrogen) atoms. The average Bonchev–Trinajstić information content (AvgIpc) is 2.39. The summed E-state index contributed by atoms with van der Waals surface area (Å²) >= 11 is 5.29. The van der Waals surface area contributed by atoms with E-state index in [-0.39, 0.29) is 0 Å². The van der Waals surface area contributed by atoms with Gasteiger partial charge in [-0.05, 0) is 18.4 Å². The van der Waals surface area contributed by atoms with Crippen LogP contribution in [-0.2, 0) is 6.42 Å². The summed E-state index contributed by atoms with van der Waals surface area (Å²) in [5.41, 5.74) is 3.23. The molecule has 4 heteroatoms. The van der Waals surface area contributed by atoms with Gasteiger partial charge in [0, 0.05) is 17.3 Å². The Labute approximate surface area is 104 Å². The third-order valence-electron chi connectivity index (χ3n) is 2.94. The van der Waals surface area contributed by atoms with E-state index in [1.165, 1.54) is 5.56 Å². The zero-order valence-corrected chi connectivity index (χ0v) is 10.1. The van der Waals surface area contributed by atoms with Gasteiger partial charge in [0.1, 0.15) is 10.4 Å². The number of aryl methyl sites for hydroxylation is 1. The lowest BCUT2D eigenvalue weighted by Gasteiger charge is -2.20. The number of hydrogen-bond donors (Lipinski definition) is 1. The molecule has 0 fully saturated rings. The first-order valence-corrected chi connectivity index (χ1v) is 6.05. The minimum atomic E-state index is 0.697. The molecular formula is C13H12N2OS. The Morgan fingerprint density at radius 3 is 3.12 bits per heavy atom. The van der Waals surface area contributed by atoms with Crippen LogP contribution in [0.2, 0.25) is 0 Å². The van der Waals surface area contributed by atoms with Crippen molar-refractivity contribution in [2.45, 2.75) is 12.8 Å². The maximum atomic E-state index is 5.78. The number of nitrogens with zero attached hydrogens (tertiary/aromatic N) is 1. The molecule has 1 aliphatic heterocycles. The molecule has 3 rings (SSSR count). The summed E-state index contributed by atoms with van der Waals surface area (Å²) in [5.74, 6) is 0.964. The van der Waals surface area contributed by atoms with Crippen molar-refractivity contribution in [3.8, 4) is 16.9 Å². The second-order valence-electron chi connectivity index (χ2n) is 4.04. The molecule has 0 saturated carbocycles. The van der Waals surface area contributed by atoms with Gasteiger partial charge in [0.2, 0.25) is 0 Å². The zero-order chi connectivity index (χ0) is 11.7. The number of ether oxygens (including phenoxy) is 1. The molecule has 86 valence electrons. The number of nitrogens with one attached hydrogen (secondary N) is 1. The Bertz CT molecular complexity index is 606. The number of H-pyrrole nitrogens is 1. The van der Waals surface area contributed by atoms with Crippen LogP contribution in [0.1, 0.15) is 12.0 Å². The maximum absolute atomic E-state index is 5.78. The summed E-state index contributed by atoms with van der Waals surface area (Å²) in [5, 5.41) is 0. The van der Waals surface area contributed by atoms with E-state index in [1.54, 1.807) is 12.5 Å². The number of para-hydroxylation sites is 1. The normalized spacial score (nSPS) is 13.9. The minimum Gasteiger partial charge on any atom is -0.493 e. The van der Waals surface area contributed by atoms with E-state index in [0.29, 0.717) is 4.64 Å². The van der Waals surface area contributed by atoms with Crippen LogP contribution in [0.15, 0.2) is 30.7 Å². The number of aromatic nitrogens is 2. The summed E-state index contributed by atoms with van der Waals surface area (Å²) in [6.07, 6.45) is 5.53. The van der Waals surface area contributed by atoms with Crippen molar-refractivity contribution >= 4 is 12.2 Å². The Balaban J connectivity index is 2.22. The maximum Gasteiger partial charge on any atom is 0.130 e. The molecule has 1 aromatic heterocycles. The standard InChI is InChI=1S/C13H12N2OS/c17-13-11(7-14-8-15-13)10-5-1-3-9-4-2-6-16-12(9)10/h1,3,5,7-8H,2,4,6H2,(H,14,15,17). The molecule has 0 radical (unpaired) electrons. The first-order chi connectivity index (χ1) is 8.36. The number of fused-ring (bicyclic) bond motifs is 1. The number of hydrogen-bond acceptors (Lipinski definition) is 3. The van der Waals surface area contributed by atoms with E-state index in [0.717, 1.165) is 36.3 Å². The van der Waals surface area contributed by atoms with Crippen molar-refractivity contribution in [3.05, 3.63) is 40.9 Å². The molecule has 0 amide bonds. The van der Waals surface area contributed by atoms with Crippen LogP contribution >= 0.6 is 12.2 Å². The Kier molecular flexibility index (Phi) is 2.65. The monoisotopic (exact) mass is 244 g/mol. The third-order valence-corrected chi connectivity index (χ3v) is 3.28. The van der Waals surface area contributed by atoms with Gasteiger partial charge in [0.15, 0.2) is 0 Å². The van der Waals surface area contributed by atoms with Crippen molar-refractivity contribution in [1.29, 1.82) is 0 Å². The molecule has 0 bridgehead atoms. The fraction of sp³-hybridized carbons (Fsp3) is 0.231. The van der Waals surface area contributed by atoms with Gasteiger partial charge < -0.3 is 9.72 Å². The molecule has 0 aliphatic carbocycles. The van der Waals surface area contributed by atoms with Crippen molar-refractivity contribution < 1.29 is 4.74 Å². The van der Waals surface area contributed by atoms with Gasteiger partial charge in [-0.3, -0.25) is 0 Å². The smallest absolute Gasteiger partial charge is 0.130 e. The fourth-order valence-corrected chi connectivity index (χ4v) is 2.35. The van der Waals surface area contributed by atoms with Gasteiger partial charge in [-0.25, -0.2) is 4.98 Å². The highest BCUT2D eigenvalue weighted by Crippen LogP contribution is 2.35. The second kappa shape index (κ2) is 4.30. The summed E-state index contributed by atoms with van der Waals surface area (Å²) < 4.78 is 6.47. The fourth-order valence-electron chi connectivity index (χ4n) is 2.14. The molecule has 2 aromatic rings. The van der Waals surface area contributed by atoms with E-state index in [9.17, 15) is 0 Å². The molecule has 0 atom stereocenters. The Morgan fingerprint density at radius 2 is 2.24 bits per heavy atom. The second-order valence-corrected chi connectivity index (χ2v) is 4.45. The molecule has 1 aliphatic rings. The van der Waals surface area contributed by atoms with Crippen LogP contribution in [0.3, 0.4) is 0 Å².